The van der Waals surface area contributed by atoms with Crippen molar-refractivity contribution in [1.82, 2.24) is 19.4 Å². The van der Waals surface area contributed by atoms with Gasteiger partial charge in [0.05, 0.1) is 12.4 Å². The van der Waals surface area contributed by atoms with Crippen LogP contribution in [0.15, 0.2) is 76.6 Å². The highest BCUT2D eigenvalue weighted by atomic mass is 32.2. The summed E-state index contributed by atoms with van der Waals surface area (Å²) in [5, 5.41) is 0.149. The molecular formula is C37H40F4N4O2S. The van der Waals surface area contributed by atoms with Gasteiger partial charge in [-0.15, -0.1) is 0 Å². The lowest BCUT2D eigenvalue weighted by Crippen LogP contribution is -2.40. The van der Waals surface area contributed by atoms with Crippen molar-refractivity contribution in [2.45, 2.75) is 70.2 Å². The lowest BCUT2D eigenvalue weighted by molar-refractivity contribution is -0.137. The van der Waals surface area contributed by atoms with Crippen molar-refractivity contribution >= 4 is 17.7 Å². The second-order valence-electron chi connectivity index (χ2n) is 11.3. The molecule has 4 aromatic rings. The zero-order chi connectivity index (χ0) is 40.6. The van der Waals surface area contributed by atoms with Crippen LogP contribution in [0, 0.1) is 12.7 Å². The molecule has 254 valence electrons. The second kappa shape index (κ2) is 15.5. The normalized spacial score (nSPS) is 15.5. The van der Waals surface area contributed by atoms with E-state index in [-0.39, 0.29) is 52.3 Å². The summed E-state index contributed by atoms with van der Waals surface area (Å²) in [6.45, 7) is -2.36. The maximum absolute atomic E-state index is 14.6. The van der Waals surface area contributed by atoms with Crippen LogP contribution in [0.5, 0.6) is 0 Å². The van der Waals surface area contributed by atoms with E-state index in [1.807, 2.05) is 0 Å². The van der Waals surface area contributed by atoms with Gasteiger partial charge in [0, 0.05) is 39.3 Å². The topological polar surface area (TPSA) is 58.4 Å². The van der Waals surface area contributed by atoms with Gasteiger partial charge in [0.25, 0.3) is 5.56 Å². The quantitative estimate of drug-likeness (QED) is 0.0827. The van der Waals surface area contributed by atoms with Crippen LogP contribution < -0.4 is 5.56 Å². The highest BCUT2D eigenvalue weighted by molar-refractivity contribution is 7.98. The maximum Gasteiger partial charge on any atom is 0.416 e. The van der Waals surface area contributed by atoms with E-state index < -0.39 is 67.2 Å². The Kier molecular flexibility index (Phi) is 8.70. The largest absolute Gasteiger partial charge is 0.416 e. The first-order chi connectivity index (χ1) is 25.7. The fourth-order valence-corrected chi connectivity index (χ4v) is 6.29. The first-order valence-corrected chi connectivity index (χ1v) is 16.5. The first kappa shape index (κ1) is 26.9. The number of aromatic nitrogens is 2. The molecule has 48 heavy (non-hydrogen) atoms. The number of amides is 1. The molecule has 0 fully saturated rings. The van der Waals surface area contributed by atoms with Crippen LogP contribution >= 0.6 is 11.8 Å². The summed E-state index contributed by atoms with van der Waals surface area (Å²) in [5.41, 5.74) is 0.135. The number of halogens is 4. The number of hydrogen-bond donors (Lipinski definition) is 0. The smallest absolute Gasteiger partial charge is 0.336 e. The molecule has 11 heteroatoms. The van der Waals surface area contributed by atoms with E-state index in [0.717, 1.165) is 36.0 Å². The molecular weight excluding hydrogens is 640 g/mol. The molecule has 1 amide bonds. The molecule has 5 rings (SSSR count). The summed E-state index contributed by atoms with van der Waals surface area (Å²) in [7, 11) is 0. The third-order valence-corrected chi connectivity index (χ3v) is 9.15. The zero-order valence-corrected chi connectivity index (χ0v) is 27.6. The Bertz CT molecular complexity index is 2100. The maximum atomic E-state index is 14.6. The molecule has 0 saturated heterocycles. The number of likely N-dealkylation sites (N-methyl/N-ethyl adjacent to an activating group) is 1. The minimum atomic E-state index is -4.62. The van der Waals surface area contributed by atoms with Crippen LogP contribution in [-0.4, -0.2) is 51.3 Å². The van der Waals surface area contributed by atoms with Gasteiger partial charge >= 0.3 is 6.18 Å². The third-order valence-electron chi connectivity index (χ3n) is 8.10. The van der Waals surface area contributed by atoms with E-state index in [1.165, 1.54) is 28.5 Å². The van der Waals surface area contributed by atoms with Gasteiger partial charge in [-0.05, 0) is 91.4 Å². The predicted octanol–water partition coefficient (Wildman–Crippen LogP) is 7.53. The Morgan fingerprint density at radius 2 is 1.73 bits per heavy atom. The molecule has 0 saturated carbocycles. The van der Waals surface area contributed by atoms with E-state index in [0.29, 0.717) is 41.0 Å². The summed E-state index contributed by atoms with van der Waals surface area (Å²) in [4.78, 5) is 33.8. The average molecular weight is 688 g/mol. The van der Waals surface area contributed by atoms with Gasteiger partial charge in [-0.25, -0.2) is 4.39 Å². The molecule has 0 spiro atoms. The summed E-state index contributed by atoms with van der Waals surface area (Å²) < 4.78 is 118. The number of alkyl halides is 3. The number of benzene rings is 3. The van der Waals surface area contributed by atoms with E-state index in [1.54, 1.807) is 26.0 Å². The summed E-state index contributed by atoms with van der Waals surface area (Å²) >= 11 is 1.12. The molecule has 1 aliphatic carbocycles. The van der Waals surface area contributed by atoms with Gasteiger partial charge in [-0.1, -0.05) is 68.0 Å². The van der Waals surface area contributed by atoms with E-state index in [2.05, 4.69) is 4.98 Å². The van der Waals surface area contributed by atoms with Crippen molar-refractivity contribution in [3.05, 3.63) is 116 Å². The molecule has 0 radical (unpaired) electrons. The molecule has 0 atom stereocenters. The lowest BCUT2D eigenvalue weighted by atomic mass is 9.98. The van der Waals surface area contributed by atoms with E-state index in [4.69, 9.17) is 6.85 Å². The summed E-state index contributed by atoms with van der Waals surface area (Å²) in [5.74, 6) is -1.12. The molecule has 6 nitrogen and oxygen atoms in total. The van der Waals surface area contributed by atoms with Crippen molar-refractivity contribution in [1.29, 1.82) is 0 Å². The molecule has 0 aliphatic heterocycles. The first-order valence-electron chi connectivity index (χ1n) is 19.1. The van der Waals surface area contributed by atoms with Gasteiger partial charge in [-0.3, -0.25) is 9.59 Å². The summed E-state index contributed by atoms with van der Waals surface area (Å²) in [6, 6.07) is 8.15. The van der Waals surface area contributed by atoms with Gasteiger partial charge in [0.15, 0.2) is 5.16 Å². The van der Waals surface area contributed by atoms with Crippen molar-refractivity contribution in [3.8, 4) is 11.1 Å². The number of carbonyl (C=O) groups excluding carboxylic acids is 1. The Labute approximate surface area is 292 Å². The molecule has 0 N–H and O–H groups in total. The van der Waals surface area contributed by atoms with E-state index in [9.17, 15) is 29.9 Å². The van der Waals surface area contributed by atoms with Crippen LogP contribution in [0.1, 0.15) is 63.4 Å². The van der Waals surface area contributed by atoms with Crippen molar-refractivity contribution in [3.63, 3.8) is 0 Å². The van der Waals surface area contributed by atoms with Crippen molar-refractivity contribution in [2.24, 2.45) is 0 Å². The van der Waals surface area contributed by atoms with Crippen LogP contribution in [-0.2, 0) is 42.7 Å². The number of hydrogen-bond acceptors (Lipinski definition) is 5. The fourth-order valence-electron chi connectivity index (χ4n) is 5.32. The van der Waals surface area contributed by atoms with Gasteiger partial charge in [-0.2, -0.15) is 18.2 Å². The Hall–Kier alpha value is -3.96. The molecule has 0 bridgehead atoms. The minimum Gasteiger partial charge on any atom is -0.336 e. The van der Waals surface area contributed by atoms with Crippen LogP contribution in [0.25, 0.3) is 11.1 Å². The summed E-state index contributed by atoms with van der Waals surface area (Å²) in [6.07, 6.45) is -3.18. The monoisotopic (exact) mass is 687 g/mol. The standard InChI is InChI=1S/C37H40F4N4O2S/c1-4-43(5-2)19-20-44(22-29-12-11-28(21-25(29)3)27-13-15-30(16-14-27)37(39,40)41)34(46)23-45-33-8-6-7-32(33)35(47)42-36(45)48-24-26-9-17-31(38)18-10-26/h9-18,21H,4-8,19-20,22-24H2,1-3H3/i11D,12D,19D2,20D2,21D. The van der Waals surface area contributed by atoms with Gasteiger partial charge < -0.3 is 14.4 Å². The fraction of sp³-hybridized carbons (Fsp3) is 0.378. The van der Waals surface area contributed by atoms with Crippen LogP contribution in [0.4, 0.5) is 17.6 Å². The zero-order valence-electron chi connectivity index (χ0n) is 33.8. The molecule has 1 heterocycles. The number of thioether (sulfide) groups is 1. The molecule has 3 aromatic carbocycles. The van der Waals surface area contributed by atoms with Gasteiger partial charge in [0.2, 0.25) is 5.91 Å². The molecule has 1 aliphatic rings. The Morgan fingerprint density at radius 3 is 2.40 bits per heavy atom. The predicted molar refractivity (Wildman–Crippen MR) is 181 cm³/mol. The highest BCUT2D eigenvalue weighted by Crippen LogP contribution is 2.32. The van der Waals surface area contributed by atoms with Gasteiger partial charge in [0.1, 0.15) is 12.4 Å². The van der Waals surface area contributed by atoms with Crippen LogP contribution in [0.3, 0.4) is 0 Å². The second-order valence-corrected chi connectivity index (χ2v) is 12.2. The Balaban J connectivity index is 1.61. The number of fused-ring (bicyclic) bond motifs is 1. The highest BCUT2D eigenvalue weighted by Gasteiger charge is 2.30. The Morgan fingerprint density at radius 1 is 1.02 bits per heavy atom. The number of nitrogens with zero attached hydrogens (tertiary/aromatic N) is 4. The van der Waals surface area contributed by atoms with E-state index >= 15 is 0 Å². The van der Waals surface area contributed by atoms with Crippen molar-refractivity contribution in [2.75, 3.05) is 26.1 Å². The average Bonchev–Trinajstić information content (AvgIpc) is 3.63. The lowest BCUT2D eigenvalue weighted by Gasteiger charge is -2.28. The van der Waals surface area contributed by atoms with Crippen molar-refractivity contribution < 1.29 is 32.0 Å². The number of rotatable bonds is 13. The van der Waals surface area contributed by atoms with Crippen LogP contribution in [0.2, 0.25) is 0 Å². The molecule has 1 aromatic heterocycles. The minimum absolute atomic E-state index is 0.0503. The number of carbonyl (C=O) groups is 1. The molecule has 0 unspecified atom stereocenters. The SMILES string of the molecule is [2H]c1c([2H])c(-c2ccc(C(F)(F)F)cc2)c([2H])c(C)c1CN(C(=O)Cn1c(SCc2ccc(F)cc2)nc(=O)c2c1CCC2)C([2H])([2H])C([2H])([2H])N(CC)CC. The third kappa shape index (κ3) is 8.54.